The fraction of sp³-hybridized carbons (Fsp3) is 0.172. The highest BCUT2D eigenvalue weighted by Gasteiger charge is 2.38. The maximum Gasteiger partial charge on any atom is 0.352 e. The summed E-state index contributed by atoms with van der Waals surface area (Å²) in [5.74, 6) is -0.466. The van der Waals surface area contributed by atoms with Gasteiger partial charge >= 0.3 is 7.60 Å². The SMILES string of the molecule is COc1ccc([C@@H](NCc2ccccc2)P(=O)(OCc2ccccc2[N+](=O)[O-])OCc2ccccc2[N+](=O)[O-])cc1. The van der Waals surface area contributed by atoms with Crippen molar-refractivity contribution in [1.29, 1.82) is 0 Å². The van der Waals surface area contributed by atoms with Crippen molar-refractivity contribution in [2.45, 2.75) is 25.5 Å². The van der Waals surface area contributed by atoms with E-state index in [-0.39, 0.29) is 29.0 Å². The number of rotatable bonds is 14. The Kier molecular flexibility index (Phi) is 9.94. The van der Waals surface area contributed by atoms with Crippen LogP contribution in [-0.4, -0.2) is 17.0 Å². The minimum absolute atomic E-state index is 0.198. The monoisotopic (exact) mass is 577 g/mol. The summed E-state index contributed by atoms with van der Waals surface area (Å²) < 4.78 is 31.9. The Hall–Kier alpha value is -4.41. The van der Waals surface area contributed by atoms with Gasteiger partial charge in [0.2, 0.25) is 0 Å². The second kappa shape index (κ2) is 13.8. The molecule has 4 aromatic carbocycles. The summed E-state index contributed by atoms with van der Waals surface area (Å²) in [5, 5.41) is 26.4. The molecule has 0 unspecified atom stereocenters. The van der Waals surface area contributed by atoms with Crippen molar-refractivity contribution in [3.8, 4) is 5.75 Å². The Morgan fingerprint density at radius 1 is 0.732 bits per heavy atom. The van der Waals surface area contributed by atoms with Gasteiger partial charge in [0.1, 0.15) is 11.5 Å². The molecule has 0 aromatic heterocycles. The fourth-order valence-corrected chi connectivity index (χ4v) is 6.00. The van der Waals surface area contributed by atoms with Gasteiger partial charge in [-0.3, -0.25) is 30.1 Å². The number of ether oxygens (including phenoxy) is 1. The molecular formula is C29H28N3O8P. The number of nitro groups is 2. The maximum absolute atomic E-state index is 14.7. The number of nitrogens with one attached hydrogen (secondary N) is 1. The first-order chi connectivity index (χ1) is 19.8. The molecule has 4 aromatic rings. The summed E-state index contributed by atoms with van der Waals surface area (Å²) in [6, 6.07) is 28.1. The van der Waals surface area contributed by atoms with Gasteiger partial charge in [0.15, 0.2) is 0 Å². The van der Waals surface area contributed by atoms with Gasteiger partial charge in [-0.25, -0.2) is 0 Å². The Balaban J connectivity index is 1.73. The van der Waals surface area contributed by atoms with Gasteiger partial charge in [0, 0.05) is 18.7 Å². The molecule has 0 spiro atoms. The van der Waals surface area contributed by atoms with Crippen molar-refractivity contribution in [2.24, 2.45) is 0 Å². The molecule has 0 amide bonds. The predicted octanol–water partition coefficient (Wildman–Crippen LogP) is 6.93. The molecule has 0 aliphatic rings. The summed E-state index contributed by atoms with van der Waals surface area (Å²) in [7, 11) is -2.72. The van der Waals surface area contributed by atoms with Crippen LogP contribution in [0.4, 0.5) is 11.4 Å². The number of para-hydroxylation sites is 2. The highest BCUT2D eigenvalue weighted by Crippen LogP contribution is 2.61. The van der Waals surface area contributed by atoms with Gasteiger partial charge in [0.25, 0.3) is 11.4 Å². The van der Waals surface area contributed by atoms with E-state index >= 15 is 0 Å². The first-order valence-electron chi connectivity index (χ1n) is 12.6. The van der Waals surface area contributed by atoms with Gasteiger partial charge in [-0.15, -0.1) is 0 Å². The zero-order valence-electron chi connectivity index (χ0n) is 22.1. The first-order valence-corrected chi connectivity index (χ1v) is 14.2. The van der Waals surface area contributed by atoms with Crippen LogP contribution >= 0.6 is 7.60 Å². The van der Waals surface area contributed by atoms with Crippen molar-refractivity contribution < 1.29 is 28.2 Å². The van der Waals surface area contributed by atoms with Crippen LogP contribution in [0.5, 0.6) is 5.75 Å². The van der Waals surface area contributed by atoms with Crippen molar-refractivity contribution in [1.82, 2.24) is 5.32 Å². The van der Waals surface area contributed by atoms with Gasteiger partial charge in [-0.1, -0.05) is 66.7 Å². The first kappa shape index (κ1) is 29.6. The third-order valence-electron chi connectivity index (χ3n) is 6.27. The van der Waals surface area contributed by atoms with E-state index in [0.717, 1.165) is 5.56 Å². The van der Waals surface area contributed by atoms with Gasteiger partial charge < -0.3 is 13.8 Å². The van der Waals surface area contributed by atoms with E-state index < -0.39 is 36.4 Å². The number of methoxy groups -OCH3 is 1. The number of hydrogen-bond acceptors (Lipinski definition) is 9. The van der Waals surface area contributed by atoms with Crippen LogP contribution in [0.3, 0.4) is 0 Å². The molecule has 41 heavy (non-hydrogen) atoms. The predicted molar refractivity (Wildman–Crippen MR) is 152 cm³/mol. The summed E-state index contributed by atoms with van der Waals surface area (Å²) in [5.41, 5.74) is 1.43. The van der Waals surface area contributed by atoms with Crippen LogP contribution in [-0.2, 0) is 33.4 Å². The Morgan fingerprint density at radius 2 is 1.22 bits per heavy atom. The normalized spacial score (nSPS) is 12.0. The second-order valence-corrected chi connectivity index (χ2v) is 11.0. The minimum atomic E-state index is -4.24. The summed E-state index contributed by atoms with van der Waals surface area (Å²) in [4.78, 5) is 22.1. The lowest BCUT2D eigenvalue weighted by Gasteiger charge is -2.28. The third-order valence-corrected chi connectivity index (χ3v) is 8.36. The average Bonchev–Trinajstić information content (AvgIpc) is 3.00. The quantitative estimate of drug-likeness (QED) is 0.0959. The van der Waals surface area contributed by atoms with Crippen molar-refractivity contribution in [2.75, 3.05) is 7.11 Å². The molecule has 1 atom stereocenters. The molecule has 0 bridgehead atoms. The van der Waals surface area contributed by atoms with Crippen LogP contribution in [0.2, 0.25) is 0 Å². The summed E-state index contributed by atoms with van der Waals surface area (Å²) in [6.07, 6.45) is 0. The van der Waals surface area contributed by atoms with E-state index in [1.165, 1.54) is 43.5 Å². The lowest BCUT2D eigenvalue weighted by Crippen LogP contribution is -2.23. The van der Waals surface area contributed by atoms with Gasteiger partial charge in [-0.2, -0.15) is 0 Å². The molecular weight excluding hydrogens is 549 g/mol. The molecule has 0 aliphatic carbocycles. The molecule has 0 aliphatic heterocycles. The molecule has 4 rings (SSSR count). The van der Waals surface area contributed by atoms with Gasteiger partial charge in [-0.05, 0) is 35.4 Å². The molecule has 0 saturated heterocycles. The van der Waals surface area contributed by atoms with Crippen LogP contribution < -0.4 is 10.1 Å². The maximum atomic E-state index is 14.7. The van der Waals surface area contributed by atoms with Crippen molar-refractivity contribution in [3.63, 3.8) is 0 Å². The fourth-order valence-electron chi connectivity index (χ4n) is 4.14. The van der Waals surface area contributed by atoms with Crippen LogP contribution in [0.25, 0.3) is 0 Å². The zero-order chi connectivity index (χ0) is 29.2. The van der Waals surface area contributed by atoms with E-state index in [2.05, 4.69) is 5.32 Å². The van der Waals surface area contributed by atoms with Crippen molar-refractivity contribution in [3.05, 3.63) is 146 Å². The largest absolute Gasteiger partial charge is 0.497 e. The summed E-state index contributed by atoms with van der Waals surface area (Å²) >= 11 is 0. The lowest BCUT2D eigenvalue weighted by atomic mass is 10.2. The van der Waals surface area contributed by atoms with Gasteiger partial charge in [0.05, 0.1) is 41.3 Å². The molecule has 0 saturated carbocycles. The smallest absolute Gasteiger partial charge is 0.352 e. The molecule has 12 heteroatoms. The molecule has 0 fully saturated rings. The molecule has 0 heterocycles. The van der Waals surface area contributed by atoms with E-state index in [1.807, 2.05) is 30.3 Å². The number of hydrogen-bond donors (Lipinski definition) is 1. The Labute approximate surface area is 236 Å². The van der Waals surface area contributed by atoms with E-state index in [4.69, 9.17) is 13.8 Å². The topological polar surface area (TPSA) is 143 Å². The minimum Gasteiger partial charge on any atom is -0.497 e. The van der Waals surface area contributed by atoms with E-state index in [9.17, 15) is 24.8 Å². The Morgan fingerprint density at radius 3 is 1.71 bits per heavy atom. The molecule has 11 nitrogen and oxygen atoms in total. The standard InChI is InChI=1S/C29H28N3O8P/c1-38-26-17-15-23(16-18-26)29(30-19-22-9-3-2-4-10-22)41(37,39-20-24-11-5-7-13-27(24)31(33)34)40-21-25-12-6-8-14-28(25)32(35)36/h2-18,29-30H,19-21H2,1H3/t29-/m0/s1. The molecule has 0 radical (unpaired) electrons. The number of nitrogens with zero attached hydrogens (tertiary/aromatic N) is 2. The third kappa shape index (κ3) is 7.62. The van der Waals surface area contributed by atoms with Crippen LogP contribution in [0.1, 0.15) is 28.0 Å². The van der Waals surface area contributed by atoms with E-state index in [0.29, 0.717) is 11.3 Å². The highest BCUT2D eigenvalue weighted by atomic mass is 31.2. The molecule has 1 N–H and O–H groups in total. The molecule has 212 valence electrons. The van der Waals surface area contributed by atoms with Crippen molar-refractivity contribution >= 4 is 19.0 Å². The Bertz CT molecular complexity index is 1470. The lowest BCUT2D eigenvalue weighted by molar-refractivity contribution is -0.385. The number of nitro benzene ring substituents is 2. The van der Waals surface area contributed by atoms with Crippen LogP contribution in [0, 0.1) is 20.2 Å². The van der Waals surface area contributed by atoms with Crippen LogP contribution in [0.15, 0.2) is 103 Å². The zero-order valence-corrected chi connectivity index (χ0v) is 23.0. The second-order valence-electron chi connectivity index (χ2n) is 8.90. The average molecular weight is 578 g/mol. The summed E-state index contributed by atoms with van der Waals surface area (Å²) in [6.45, 7) is -0.513. The van der Waals surface area contributed by atoms with E-state index in [1.54, 1.807) is 36.4 Å². The highest BCUT2D eigenvalue weighted by molar-refractivity contribution is 7.54. The number of benzene rings is 4.